The second-order valence-electron chi connectivity index (χ2n) is 5.50. The molecule has 2 rings (SSSR count). The molecule has 0 fully saturated rings. The van der Waals surface area contributed by atoms with E-state index in [2.05, 4.69) is 4.74 Å². The first-order valence-electron chi connectivity index (χ1n) is 7.82. The maximum absolute atomic E-state index is 12.8. The Morgan fingerprint density at radius 3 is 2.23 bits per heavy atom. The van der Waals surface area contributed by atoms with Crippen LogP contribution in [0.15, 0.2) is 35.2 Å². The van der Waals surface area contributed by atoms with Gasteiger partial charge >= 0.3 is 6.36 Å². The molecule has 0 saturated heterocycles. The van der Waals surface area contributed by atoms with Crippen LogP contribution in [0.5, 0.6) is 5.75 Å². The van der Waals surface area contributed by atoms with Crippen molar-refractivity contribution in [2.24, 2.45) is 7.05 Å². The van der Waals surface area contributed by atoms with Crippen LogP contribution < -0.4 is 10.5 Å². The Kier molecular flexibility index (Phi) is 5.57. The second-order valence-corrected chi connectivity index (χ2v) is 7.41. The van der Waals surface area contributed by atoms with Crippen molar-refractivity contribution < 1.29 is 26.3 Å². The molecule has 6 nitrogen and oxygen atoms in total. The van der Waals surface area contributed by atoms with Gasteiger partial charge in [-0.15, -0.1) is 13.2 Å². The van der Waals surface area contributed by atoms with Crippen LogP contribution in [0, 0.1) is 0 Å². The van der Waals surface area contributed by atoms with Crippen LogP contribution in [0.25, 0.3) is 11.3 Å². The number of ether oxygens (including phenoxy) is 1. The number of benzene rings is 1. The summed E-state index contributed by atoms with van der Waals surface area (Å²) in [5.74, 6) is -0.361. The van der Waals surface area contributed by atoms with Crippen LogP contribution in [-0.2, 0) is 17.1 Å². The molecule has 10 heteroatoms. The summed E-state index contributed by atoms with van der Waals surface area (Å²) in [6.45, 7) is 3.46. The van der Waals surface area contributed by atoms with Crippen molar-refractivity contribution in [1.29, 1.82) is 0 Å². The number of anilines is 1. The van der Waals surface area contributed by atoms with Crippen molar-refractivity contribution in [2.45, 2.75) is 25.1 Å². The number of sulfonamides is 1. The molecule has 0 aliphatic heterocycles. The predicted octanol–water partition coefficient (Wildman–Crippen LogP) is 3.20. The zero-order valence-electron chi connectivity index (χ0n) is 14.5. The third-order valence-corrected chi connectivity index (χ3v) is 6.04. The Morgan fingerprint density at radius 1 is 1.15 bits per heavy atom. The fourth-order valence-corrected chi connectivity index (χ4v) is 4.16. The van der Waals surface area contributed by atoms with Gasteiger partial charge in [0, 0.05) is 31.4 Å². The quantitative estimate of drug-likeness (QED) is 0.820. The summed E-state index contributed by atoms with van der Waals surface area (Å²) in [7, 11) is -2.48. The molecule has 2 aromatic rings. The summed E-state index contributed by atoms with van der Waals surface area (Å²) in [5, 5.41) is 0. The summed E-state index contributed by atoms with van der Waals surface area (Å²) in [6.07, 6.45) is -5.03. The highest BCUT2D eigenvalue weighted by molar-refractivity contribution is 7.89. The van der Waals surface area contributed by atoms with Crippen LogP contribution in [0.3, 0.4) is 0 Å². The van der Waals surface area contributed by atoms with Gasteiger partial charge in [0.2, 0.25) is 10.0 Å². The average Bonchev–Trinajstić information content (AvgIpc) is 2.86. The van der Waals surface area contributed by atoms with Gasteiger partial charge in [0.05, 0.1) is 0 Å². The summed E-state index contributed by atoms with van der Waals surface area (Å²) in [6, 6.07) is 6.82. The number of alkyl halides is 3. The summed E-state index contributed by atoms with van der Waals surface area (Å²) in [5.41, 5.74) is 6.62. The third-order valence-electron chi connectivity index (χ3n) is 3.95. The number of halogens is 3. The fourth-order valence-electron chi connectivity index (χ4n) is 2.60. The van der Waals surface area contributed by atoms with Gasteiger partial charge in [0.25, 0.3) is 0 Å². The van der Waals surface area contributed by atoms with Gasteiger partial charge in [-0.2, -0.15) is 4.31 Å². The molecular formula is C16H20F3N3O3S. The van der Waals surface area contributed by atoms with Crippen LogP contribution in [0.2, 0.25) is 0 Å². The minimum absolute atomic E-state index is 0.125. The first kappa shape index (κ1) is 20.1. The lowest BCUT2D eigenvalue weighted by atomic mass is 10.1. The van der Waals surface area contributed by atoms with Crippen LogP contribution >= 0.6 is 0 Å². The molecule has 0 atom stereocenters. The monoisotopic (exact) mass is 391 g/mol. The standard InChI is InChI=1S/C16H20F3N3O3S/c1-4-22(5-2)26(23,24)14-8-6-11(10-13(14)25-16(17,18)19)12-7-9-15(20)21(12)3/h6-10H,4-5,20H2,1-3H3. The minimum atomic E-state index is -5.03. The largest absolute Gasteiger partial charge is 0.573 e. The van der Waals surface area contributed by atoms with E-state index in [1.54, 1.807) is 37.6 Å². The Morgan fingerprint density at radius 2 is 1.77 bits per heavy atom. The molecule has 2 N–H and O–H groups in total. The Bertz CT molecular complexity index is 888. The maximum atomic E-state index is 12.8. The van der Waals surface area contributed by atoms with E-state index in [0.29, 0.717) is 17.1 Å². The van der Waals surface area contributed by atoms with Gasteiger partial charge < -0.3 is 15.0 Å². The highest BCUT2D eigenvalue weighted by Gasteiger charge is 2.35. The zero-order valence-corrected chi connectivity index (χ0v) is 15.4. The van der Waals surface area contributed by atoms with E-state index in [9.17, 15) is 21.6 Å². The molecule has 0 spiro atoms. The molecular weight excluding hydrogens is 371 g/mol. The number of nitrogen functional groups attached to an aromatic ring is 1. The molecule has 0 saturated carbocycles. The maximum Gasteiger partial charge on any atom is 0.573 e. The lowest BCUT2D eigenvalue weighted by Gasteiger charge is -2.21. The van der Waals surface area contributed by atoms with Crippen molar-refractivity contribution in [3.8, 4) is 17.0 Å². The third kappa shape index (κ3) is 3.96. The van der Waals surface area contributed by atoms with Crippen molar-refractivity contribution in [3.63, 3.8) is 0 Å². The number of rotatable bonds is 6. The van der Waals surface area contributed by atoms with Gasteiger partial charge in [0.15, 0.2) is 0 Å². The normalized spacial score (nSPS) is 12.6. The van der Waals surface area contributed by atoms with E-state index in [1.807, 2.05) is 0 Å². The van der Waals surface area contributed by atoms with E-state index in [0.717, 1.165) is 16.4 Å². The number of nitrogens with two attached hydrogens (primary N) is 1. The van der Waals surface area contributed by atoms with Crippen molar-refractivity contribution in [2.75, 3.05) is 18.8 Å². The highest BCUT2D eigenvalue weighted by atomic mass is 32.2. The predicted molar refractivity (Wildman–Crippen MR) is 92.1 cm³/mol. The van der Waals surface area contributed by atoms with Gasteiger partial charge in [-0.1, -0.05) is 19.9 Å². The van der Waals surface area contributed by atoms with E-state index < -0.39 is 27.0 Å². The van der Waals surface area contributed by atoms with Gasteiger partial charge in [-0.3, -0.25) is 0 Å². The zero-order chi connectivity index (χ0) is 19.7. The molecule has 0 aliphatic carbocycles. The van der Waals surface area contributed by atoms with Crippen LogP contribution in [-0.4, -0.2) is 36.7 Å². The fraction of sp³-hybridized carbons (Fsp3) is 0.375. The second kappa shape index (κ2) is 7.20. The number of hydrogen-bond acceptors (Lipinski definition) is 4. The number of nitrogens with zero attached hydrogens (tertiary/aromatic N) is 2. The van der Waals surface area contributed by atoms with Crippen molar-refractivity contribution >= 4 is 15.8 Å². The molecule has 26 heavy (non-hydrogen) atoms. The smallest absolute Gasteiger partial charge is 0.404 e. The lowest BCUT2D eigenvalue weighted by Crippen LogP contribution is -2.31. The molecule has 1 aromatic carbocycles. The highest BCUT2D eigenvalue weighted by Crippen LogP contribution is 2.35. The molecule has 1 aromatic heterocycles. The van der Waals surface area contributed by atoms with E-state index in [-0.39, 0.29) is 13.1 Å². The lowest BCUT2D eigenvalue weighted by molar-refractivity contribution is -0.275. The molecule has 144 valence electrons. The first-order valence-corrected chi connectivity index (χ1v) is 9.26. The summed E-state index contributed by atoms with van der Waals surface area (Å²) in [4.78, 5) is -0.538. The van der Waals surface area contributed by atoms with Crippen molar-refractivity contribution in [3.05, 3.63) is 30.3 Å². The molecule has 0 aliphatic rings. The summed E-state index contributed by atoms with van der Waals surface area (Å²) < 4.78 is 70.5. The molecule has 0 radical (unpaired) electrons. The first-order chi connectivity index (χ1) is 12.0. The molecule has 0 bridgehead atoms. The Balaban J connectivity index is 2.64. The molecule has 0 unspecified atom stereocenters. The average molecular weight is 391 g/mol. The van der Waals surface area contributed by atoms with Gasteiger partial charge in [-0.25, -0.2) is 8.42 Å². The Hall–Kier alpha value is -2.20. The molecule has 1 heterocycles. The van der Waals surface area contributed by atoms with E-state index >= 15 is 0 Å². The van der Waals surface area contributed by atoms with Gasteiger partial charge in [0.1, 0.15) is 16.5 Å². The van der Waals surface area contributed by atoms with E-state index in [4.69, 9.17) is 5.73 Å². The summed E-state index contributed by atoms with van der Waals surface area (Å²) >= 11 is 0. The van der Waals surface area contributed by atoms with Crippen molar-refractivity contribution in [1.82, 2.24) is 8.87 Å². The number of aromatic nitrogens is 1. The van der Waals surface area contributed by atoms with E-state index in [1.165, 1.54) is 6.07 Å². The topological polar surface area (TPSA) is 77.6 Å². The minimum Gasteiger partial charge on any atom is -0.404 e. The van der Waals surface area contributed by atoms with Crippen LogP contribution in [0.1, 0.15) is 13.8 Å². The molecule has 0 amide bonds. The number of hydrogen-bond donors (Lipinski definition) is 1. The van der Waals surface area contributed by atoms with Gasteiger partial charge in [-0.05, 0) is 24.3 Å². The Labute approximate surface area is 150 Å². The SMILES string of the molecule is CCN(CC)S(=O)(=O)c1ccc(-c2ccc(N)n2C)cc1OC(F)(F)F. The van der Waals surface area contributed by atoms with Crippen LogP contribution in [0.4, 0.5) is 19.0 Å².